The van der Waals surface area contributed by atoms with E-state index in [1.54, 1.807) is 47.0 Å². The Morgan fingerprint density at radius 2 is 1.47 bits per heavy atom. The van der Waals surface area contributed by atoms with Gasteiger partial charge in [-0.3, -0.25) is 4.40 Å². The third-order valence-corrected chi connectivity index (χ3v) is 6.99. The van der Waals surface area contributed by atoms with Crippen LogP contribution in [-0.2, 0) is 10.0 Å². The van der Waals surface area contributed by atoms with Gasteiger partial charge in [0, 0.05) is 16.8 Å². The molecule has 2 heterocycles. The molecule has 0 atom stereocenters. The van der Waals surface area contributed by atoms with E-state index in [1.165, 1.54) is 0 Å². The van der Waals surface area contributed by atoms with Gasteiger partial charge in [-0.1, -0.05) is 77.8 Å². The van der Waals surface area contributed by atoms with Crippen LogP contribution in [-0.4, -0.2) is 17.8 Å². The Morgan fingerprint density at radius 3 is 2.18 bits per heavy atom. The summed E-state index contributed by atoms with van der Waals surface area (Å²) in [4.78, 5) is 5.02. The summed E-state index contributed by atoms with van der Waals surface area (Å²) in [6.45, 7) is 1.91. The number of aromatic nitrogens is 2. The minimum absolute atomic E-state index is 0.131. The lowest BCUT2D eigenvalue weighted by Crippen LogP contribution is -2.22. The van der Waals surface area contributed by atoms with Crippen molar-refractivity contribution in [3.8, 4) is 22.4 Å². The zero-order chi connectivity index (χ0) is 23.7. The lowest BCUT2D eigenvalue weighted by Gasteiger charge is -2.14. The lowest BCUT2D eigenvalue weighted by molar-refractivity contribution is 0.596. The van der Waals surface area contributed by atoms with Gasteiger partial charge in [0.2, 0.25) is 0 Å². The molecule has 0 saturated carbocycles. The highest BCUT2D eigenvalue weighted by molar-refractivity contribution is 7.90. The summed E-state index contributed by atoms with van der Waals surface area (Å²) >= 11 is 6.13. The molecule has 0 spiro atoms. The van der Waals surface area contributed by atoms with E-state index in [-0.39, 0.29) is 10.4 Å². The molecule has 0 bridgehead atoms. The summed E-state index contributed by atoms with van der Waals surface area (Å²) in [5.74, 6) is 0. The molecule has 168 valence electrons. The highest BCUT2D eigenvalue weighted by atomic mass is 35.5. The third-order valence-electron chi connectivity index (χ3n) is 5.46. The summed E-state index contributed by atoms with van der Waals surface area (Å²) in [7, 11) is -4.00. The summed E-state index contributed by atoms with van der Waals surface area (Å²) in [6, 6.07) is 29.0. The van der Waals surface area contributed by atoms with E-state index in [1.807, 2.05) is 67.6 Å². The normalized spacial score (nSPS) is 12.2. The van der Waals surface area contributed by atoms with Crippen LogP contribution in [0.5, 0.6) is 0 Å². The first-order valence-electron chi connectivity index (χ1n) is 10.6. The minimum Gasteiger partial charge on any atom is -0.285 e. The van der Waals surface area contributed by atoms with Crippen LogP contribution < -0.4 is 5.49 Å². The maximum absolute atomic E-state index is 13.4. The number of sulfonamides is 1. The van der Waals surface area contributed by atoms with E-state index in [4.69, 9.17) is 16.6 Å². The van der Waals surface area contributed by atoms with Crippen LogP contribution in [0.2, 0.25) is 5.02 Å². The zero-order valence-corrected chi connectivity index (χ0v) is 19.8. The molecular formula is C27H20ClN3O2S. The van der Waals surface area contributed by atoms with Crippen molar-refractivity contribution in [2.24, 2.45) is 4.40 Å². The number of benzene rings is 3. The predicted octanol–water partition coefficient (Wildman–Crippen LogP) is 5.92. The second-order valence-electron chi connectivity index (χ2n) is 7.84. The molecule has 0 fully saturated rings. The molecule has 5 nitrogen and oxygen atoms in total. The standard InChI is InChI=1S/C27H20ClN3O2S/c1-19-10-16-23(17-11-19)34(32,33)30-27-25(20-7-3-2-4-8-20)26(21-12-14-22(28)15-13-21)29-24-9-5-6-18-31(24)27/h2-18H,1H3/b30-27-. The van der Waals surface area contributed by atoms with Crippen molar-refractivity contribution in [3.05, 3.63) is 119 Å². The van der Waals surface area contributed by atoms with Crippen molar-refractivity contribution in [3.63, 3.8) is 0 Å². The van der Waals surface area contributed by atoms with Gasteiger partial charge < -0.3 is 0 Å². The van der Waals surface area contributed by atoms with E-state index in [2.05, 4.69) is 4.40 Å². The first kappa shape index (κ1) is 22.1. The van der Waals surface area contributed by atoms with Gasteiger partial charge in [-0.05, 0) is 48.9 Å². The van der Waals surface area contributed by atoms with Crippen LogP contribution in [0.15, 0.2) is 113 Å². The molecule has 7 heteroatoms. The number of hydrogen-bond acceptors (Lipinski definition) is 3. The number of fused-ring (bicyclic) bond motifs is 1. The Labute approximate surface area is 202 Å². The number of pyridine rings is 1. The van der Waals surface area contributed by atoms with Gasteiger partial charge in [-0.15, -0.1) is 4.40 Å². The molecular weight excluding hydrogens is 466 g/mol. The minimum atomic E-state index is -4.00. The van der Waals surface area contributed by atoms with Crippen LogP contribution in [0.3, 0.4) is 0 Å². The van der Waals surface area contributed by atoms with E-state index in [0.717, 1.165) is 16.7 Å². The lowest BCUT2D eigenvalue weighted by atomic mass is 10.00. The molecule has 0 saturated heterocycles. The van der Waals surface area contributed by atoms with Crippen molar-refractivity contribution >= 4 is 27.3 Å². The molecule has 0 N–H and O–H groups in total. The van der Waals surface area contributed by atoms with Crippen LogP contribution in [0.25, 0.3) is 28.0 Å². The van der Waals surface area contributed by atoms with Gasteiger partial charge in [0.1, 0.15) is 5.65 Å². The maximum atomic E-state index is 13.4. The fourth-order valence-corrected chi connectivity index (χ4v) is 4.87. The van der Waals surface area contributed by atoms with Gasteiger partial charge in [-0.2, -0.15) is 8.42 Å². The third kappa shape index (κ3) is 4.25. The van der Waals surface area contributed by atoms with Crippen molar-refractivity contribution in [1.29, 1.82) is 0 Å². The summed E-state index contributed by atoms with van der Waals surface area (Å²) in [6.07, 6.45) is 1.77. The van der Waals surface area contributed by atoms with Crippen LogP contribution in [0, 0.1) is 6.92 Å². The van der Waals surface area contributed by atoms with Gasteiger partial charge >= 0.3 is 0 Å². The number of aryl methyl sites for hydroxylation is 1. The fraction of sp³-hybridized carbons (Fsp3) is 0.0370. The molecule has 34 heavy (non-hydrogen) atoms. The Morgan fingerprint density at radius 1 is 0.794 bits per heavy atom. The smallest absolute Gasteiger partial charge is 0.284 e. The molecule has 5 aromatic rings. The topological polar surface area (TPSA) is 63.8 Å². The Bertz CT molecular complexity index is 1660. The monoisotopic (exact) mass is 485 g/mol. The fourth-order valence-electron chi connectivity index (χ4n) is 3.75. The number of nitrogens with zero attached hydrogens (tertiary/aromatic N) is 3. The first-order chi connectivity index (χ1) is 16.4. The Balaban J connectivity index is 1.93. The summed E-state index contributed by atoms with van der Waals surface area (Å²) < 4.78 is 32.9. The Hall–Kier alpha value is -3.74. The van der Waals surface area contributed by atoms with Crippen molar-refractivity contribution < 1.29 is 8.42 Å². The van der Waals surface area contributed by atoms with Gasteiger partial charge in [-0.25, -0.2) is 4.98 Å². The number of hydrogen-bond donors (Lipinski definition) is 0. The van der Waals surface area contributed by atoms with E-state index in [9.17, 15) is 8.42 Å². The number of halogens is 1. The molecule has 0 amide bonds. The highest BCUT2D eigenvalue weighted by Crippen LogP contribution is 2.29. The molecule has 0 aliphatic carbocycles. The molecule has 0 aliphatic heterocycles. The molecule has 0 aliphatic rings. The van der Waals surface area contributed by atoms with Gasteiger partial charge in [0.25, 0.3) is 10.0 Å². The average molecular weight is 486 g/mol. The van der Waals surface area contributed by atoms with Crippen molar-refractivity contribution in [2.45, 2.75) is 11.8 Å². The van der Waals surface area contributed by atoms with Crippen molar-refractivity contribution in [2.75, 3.05) is 0 Å². The molecule has 2 aromatic heterocycles. The van der Waals surface area contributed by atoms with E-state index < -0.39 is 10.0 Å². The van der Waals surface area contributed by atoms with Gasteiger partial charge in [0.05, 0.1) is 16.2 Å². The van der Waals surface area contributed by atoms with Gasteiger partial charge in [0.15, 0.2) is 5.49 Å². The zero-order valence-electron chi connectivity index (χ0n) is 18.3. The Kier molecular flexibility index (Phi) is 5.77. The molecule has 3 aromatic carbocycles. The largest absolute Gasteiger partial charge is 0.285 e. The summed E-state index contributed by atoms with van der Waals surface area (Å²) in [5.41, 5.74) is 4.66. The SMILES string of the molecule is Cc1ccc(S(=O)(=O)/N=c2/c(-c3ccccc3)c(-c3ccc(Cl)cc3)nc3ccccn23)cc1. The van der Waals surface area contributed by atoms with Crippen LogP contribution >= 0.6 is 11.6 Å². The second-order valence-corrected chi connectivity index (χ2v) is 9.88. The average Bonchev–Trinajstić information content (AvgIpc) is 2.85. The van der Waals surface area contributed by atoms with Crippen LogP contribution in [0.1, 0.15) is 5.56 Å². The highest BCUT2D eigenvalue weighted by Gasteiger charge is 2.19. The van der Waals surface area contributed by atoms with E-state index >= 15 is 0 Å². The molecule has 0 radical (unpaired) electrons. The molecule has 5 rings (SSSR count). The van der Waals surface area contributed by atoms with Crippen LogP contribution in [0.4, 0.5) is 0 Å². The van der Waals surface area contributed by atoms with E-state index in [0.29, 0.717) is 21.9 Å². The number of rotatable bonds is 4. The predicted molar refractivity (Wildman–Crippen MR) is 135 cm³/mol. The van der Waals surface area contributed by atoms with Crippen molar-refractivity contribution in [1.82, 2.24) is 9.38 Å². The maximum Gasteiger partial charge on any atom is 0.284 e. The quantitative estimate of drug-likeness (QED) is 0.317. The molecule has 0 unspecified atom stereocenters. The second kappa shape index (κ2) is 8.89. The first-order valence-corrected chi connectivity index (χ1v) is 12.4. The summed E-state index contributed by atoms with van der Waals surface area (Å²) in [5, 5.41) is 0.604.